The Bertz CT molecular complexity index is 1500. The van der Waals surface area contributed by atoms with E-state index in [1.807, 2.05) is 12.1 Å². The predicted octanol–water partition coefficient (Wildman–Crippen LogP) is 5.25. The van der Waals surface area contributed by atoms with E-state index >= 15 is 0 Å². The van der Waals surface area contributed by atoms with E-state index in [0.717, 1.165) is 40.2 Å². The molecule has 0 atom stereocenters. The number of carbonyl (C=O) groups is 1. The van der Waals surface area contributed by atoms with Crippen LogP contribution < -0.4 is 9.62 Å². The molecule has 2 heterocycles. The fourth-order valence-corrected chi connectivity index (χ4v) is 5.53. The predicted molar refractivity (Wildman–Crippen MR) is 143 cm³/mol. The summed E-state index contributed by atoms with van der Waals surface area (Å²) in [6, 6.07) is 9.28. The second-order valence-corrected chi connectivity index (χ2v) is 10.8. The topological polar surface area (TPSA) is 99.6 Å². The third-order valence-corrected chi connectivity index (χ3v) is 7.91. The number of fused-ring (bicyclic) bond motifs is 1. The lowest BCUT2D eigenvalue weighted by Gasteiger charge is -2.35. The highest BCUT2D eigenvalue weighted by Gasteiger charge is 2.71. The van der Waals surface area contributed by atoms with Crippen molar-refractivity contribution in [3.05, 3.63) is 89.5 Å². The third-order valence-electron chi connectivity index (χ3n) is 6.09. The van der Waals surface area contributed by atoms with E-state index in [9.17, 15) is 49.1 Å². The Balaban J connectivity index is 0.000000415. The summed E-state index contributed by atoms with van der Waals surface area (Å²) in [7, 11) is -4.24. The molecule has 7 nitrogen and oxygen atoms in total. The Hall–Kier alpha value is -4.16. The van der Waals surface area contributed by atoms with Crippen molar-refractivity contribution in [2.24, 2.45) is 0 Å². The highest BCUT2D eigenvalue weighted by atomic mass is 32.2. The molecule has 0 fully saturated rings. The summed E-state index contributed by atoms with van der Waals surface area (Å²) < 4.78 is 118. The molecule has 0 radical (unpaired) electrons. The first kappa shape index (κ1) is 35.0. The van der Waals surface area contributed by atoms with Gasteiger partial charge in [-0.2, -0.15) is 26.3 Å². The SMILES string of the molecule is C#C.CC(=O)NCc1ccncc1.O=S(=O)(c1ccc(F)cc1)N1CCCc2cc(C(O)(C(F)(F)F)C(F)(F)F)ccc21. The maximum atomic E-state index is 13.1. The molecule has 3 aromatic rings. The van der Waals surface area contributed by atoms with Crippen LogP contribution in [0.15, 0.2) is 71.9 Å². The smallest absolute Gasteiger partial charge is 0.369 e. The van der Waals surface area contributed by atoms with E-state index in [2.05, 4.69) is 23.1 Å². The van der Waals surface area contributed by atoms with Crippen LogP contribution in [0.1, 0.15) is 30.0 Å². The highest BCUT2D eigenvalue weighted by molar-refractivity contribution is 7.92. The Kier molecular flexibility index (Phi) is 11.3. The first-order valence-electron chi connectivity index (χ1n) is 12.2. The number of benzene rings is 2. The van der Waals surface area contributed by atoms with Gasteiger partial charge in [0.1, 0.15) is 5.82 Å². The van der Waals surface area contributed by atoms with E-state index < -0.39 is 39.4 Å². The number of aromatic nitrogens is 1. The van der Waals surface area contributed by atoms with Crippen molar-refractivity contribution in [2.45, 2.75) is 49.2 Å². The lowest BCUT2D eigenvalue weighted by molar-refractivity contribution is -0.376. The Morgan fingerprint density at radius 3 is 2.05 bits per heavy atom. The molecule has 43 heavy (non-hydrogen) atoms. The Morgan fingerprint density at radius 2 is 1.53 bits per heavy atom. The van der Waals surface area contributed by atoms with E-state index in [0.29, 0.717) is 18.7 Å². The number of aryl methyl sites for hydroxylation is 1. The quantitative estimate of drug-likeness (QED) is 0.296. The van der Waals surface area contributed by atoms with Gasteiger partial charge in [0.15, 0.2) is 0 Å². The van der Waals surface area contributed by atoms with Gasteiger partial charge in [-0.05, 0) is 66.4 Å². The minimum absolute atomic E-state index is 0.00437. The zero-order valence-electron chi connectivity index (χ0n) is 22.5. The van der Waals surface area contributed by atoms with E-state index in [-0.39, 0.29) is 41.4 Å². The Labute approximate surface area is 243 Å². The molecule has 2 N–H and O–H groups in total. The fraction of sp³-hybridized carbons (Fsp3) is 0.286. The molecule has 15 heteroatoms. The molecule has 1 aliphatic heterocycles. The second kappa shape index (κ2) is 13.9. The molecule has 2 aromatic carbocycles. The molecule has 1 amide bonds. The summed E-state index contributed by atoms with van der Waals surface area (Å²) in [4.78, 5) is 14.1. The minimum atomic E-state index is -6.05. The van der Waals surface area contributed by atoms with Crippen molar-refractivity contribution in [3.8, 4) is 12.8 Å². The van der Waals surface area contributed by atoms with Crippen LogP contribution >= 0.6 is 0 Å². The van der Waals surface area contributed by atoms with E-state index in [1.165, 1.54) is 6.92 Å². The Morgan fingerprint density at radius 1 is 0.977 bits per heavy atom. The monoisotopic (exact) mass is 633 g/mol. The number of pyridine rings is 1. The molecule has 0 saturated carbocycles. The van der Waals surface area contributed by atoms with Crippen LogP contribution in [0.5, 0.6) is 0 Å². The van der Waals surface area contributed by atoms with Crippen LogP contribution in [-0.4, -0.2) is 43.3 Å². The first-order valence-corrected chi connectivity index (χ1v) is 13.7. The number of carbonyl (C=O) groups excluding carboxylic acids is 1. The second-order valence-electron chi connectivity index (χ2n) is 8.95. The van der Waals surface area contributed by atoms with Crippen molar-refractivity contribution in [1.82, 2.24) is 10.3 Å². The molecule has 1 aromatic heterocycles. The number of amides is 1. The molecule has 4 rings (SSSR count). The van der Waals surface area contributed by atoms with Crippen LogP contribution in [0.2, 0.25) is 0 Å². The van der Waals surface area contributed by atoms with Gasteiger partial charge in [0.05, 0.1) is 10.6 Å². The average molecular weight is 634 g/mol. The van der Waals surface area contributed by atoms with Crippen LogP contribution in [0.4, 0.5) is 36.4 Å². The summed E-state index contributed by atoms with van der Waals surface area (Å²) in [5.41, 5.74) is -5.71. The van der Waals surface area contributed by atoms with Crippen molar-refractivity contribution < 1.29 is 49.1 Å². The first-order chi connectivity index (χ1) is 20.0. The molecule has 0 unspecified atom stereocenters. The summed E-state index contributed by atoms with van der Waals surface area (Å²) in [6.45, 7) is 2.01. The zero-order valence-corrected chi connectivity index (χ0v) is 23.3. The number of terminal acetylenes is 1. The average Bonchev–Trinajstić information content (AvgIpc) is 2.96. The minimum Gasteiger partial charge on any atom is -0.369 e. The normalized spacial score (nSPS) is 13.4. The van der Waals surface area contributed by atoms with Gasteiger partial charge in [-0.25, -0.2) is 12.8 Å². The molecule has 0 aliphatic carbocycles. The van der Waals surface area contributed by atoms with Gasteiger partial charge in [0.25, 0.3) is 15.6 Å². The summed E-state index contributed by atoms with van der Waals surface area (Å²) in [5.74, 6) is -0.696. The number of nitrogens with zero attached hydrogens (tertiary/aromatic N) is 2. The largest absolute Gasteiger partial charge is 0.430 e. The molecular formula is C28H26F7N3O4S. The zero-order chi connectivity index (χ0) is 32.6. The number of sulfonamides is 1. The van der Waals surface area contributed by atoms with Gasteiger partial charge in [0, 0.05) is 38.0 Å². The summed E-state index contributed by atoms with van der Waals surface area (Å²) in [5, 5.41) is 12.3. The van der Waals surface area contributed by atoms with Gasteiger partial charge in [0.2, 0.25) is 5.91 Å². The summed E-state index contributed by atoms with van der Waals surface area (Å²) >= 11 is 0. The van der Waals surface area contributed by atoms with Gasteiger partial charge in [-0.15, -0.1) is 12.8 Å². The molecule has 0 bridgehead atoms. The number of rotatable bonds is 5. The molecule has 1 aliphatic rings. The lowest BCUT2D eigenvalue weighted by atomic mass is 9.89. The standard InChI is InChI=1S/C18H14F7NO3S.C8H10N2O.C2H2/c19-13-4-6-14(7-5-13)30(28,29)26-9-1-2-11-10-12(3-8-15(11)26)16(27,17(20,21)22)18(23,24)25;1-7(11)10-6-8-2-4-9-5-3-8;1-2/h3-8,10,27H,1-2,9H2;2-5H,6H2,1H3,(H,10,11);1-2H. The van der Waals surface area contributed by atoms with Crippen molar-refractivity contribution in [1.29, 1.82) is 0 Å². The van der Waals surface area contributed by atoms with Gasteiger partial charge < -0.3 is 10.4 Å². The lowest BCUT2D eigenvalue weighted by Crippen LogP contribution is -2.54. The van der Waals surface area contributed by atoms with Crippen LogP contribution in [-0.2, 0) is 33.4 Å². The van der Waals surface area contributed by atoms with E-state index in [1.54, 1.807) is 12.4 Å². The number of anilines is 1. The highest BCUT2D eigenvalue weighted by Crippen LogP contribution is 2.51. The number of hydrogen-bond acceptors (Lipinski definition) is 5. The maximum Gasteiger partial charge on any atom is 0.430 e. The molecular weight excluding hydrogens is 607 g/mol. The van der Waals surface area contributed by atoms with Crippen molar-refractivity contribution in [2.75, 3.05) is 10.8 Å². The number of hydrogen-bond donors (Lipinski definition) is 2. The molecule has 232 valence electrons. The fourth-order valence-electron chi connectivity index (χ4n) is 3.99. The number of aliphatic hydroxyl groups is 1. The van der Waals surface area contributed by atoms with Crippen LogP contribution in [0.25, 0.3) is 0 Å². The number of alkyl halides is 6. The molecule has 0 spiro atoms. The van der Waals surface area contributed by atoms with Gasteiger partial charge in [-0.1, -0.05) is 12.1 Å². The number of halogens is 7. The van der Waals surface area contributed by atoms with Crippen molar-refractivity contribution in [3.63, 3.8) is 0 Å². The van der Waals surface area contributed by atoms with Crippen LogP contribution in [0, 0.1) is 18.7 Å². The van der Waals surface area contributed by atoms with Crippen molar-refractivity contribution >= 4 is 21.6 Å². The number of nitrogens with one attached hydrogen (secondary N) is 1. The van der Waals surface area contributed by atoms with Gasteiger partial charge >= 0.3 is 12.4 Å². The maximum absolute atomic E-state index is 13.1. The van der Waals surface area contributed by atoms with Gasteiger partial charge in [-0.3, -0.25) is 14.1 Å². The van der Waals surface area contributed by atoms with Crippen LogP contribution in [0.3, 0.4) is 0 Å². The summed E-state index contributed by atoms with van der Waals surface area (Å²) in [6.07, 6.45) is -0.561. The third kappa shape index (κ3) is 8.02. The van der Waals surface area contributed by atoms with E-state index in [4.69, 9.17) is 0 Å². The molecule has 0 saturated heterocycles.